The Balaban J connectivity index is 2.48. The molecule has 4 heteroatoms. The van der Waals surface area contributed by atoms with Gasteiger partial charge in [0.1, 0.15) is 5.82 Å². The topological polar surface area (TPSA) is 39.2 Å². The monoisotopic (exact) mass is 231 g/mol. The lowest BCUT2D eigenvalue weighted by Crippen LogP contribution is -2.07. The predicted molar refractivity (Wildman–Crippen MR) is 60.6 cm³/mol. The number of nitrogens with zero attached hydrogens (tertiary/aromatic N) is 1. The first-order valence-corrected chi connectivity index (χ1v) is 5.02. The number of pyridine rings is 1. The van der Waals surface area contributed by atoms with E-state index >= 15 is 0 Å². The number of ketones is 1. The van der Waals surface area contributed by atoms with E-state index in [4.69, 9.17) is 4.74 Å². The molecule has 0 aliphatic heterocycles. The van der Waals surface area contributed by atoms with E-state index in [1.54, 1.807) is 18.2 Å². The molecule has 0 bridgehead atoms. The van der Waals surface area contributed by atoms with Crippen LogP contribution in [0.2, 0.25) is 0 Å². The van der Waals surface area contributed by atoms with Crippen LogP contribution in [0.5, 0.6) is 5.88 Å². The highest BCUT2D eigenvalue weighted by atomic mass is 19.1. The molecule has 2 aromatic rings. The summed E-state index contributed by atoms with van der Waals surface area (Å²) in [5.74, 6) is -0.794. The number of methoxy groups -OCH3 is 1. The number of carbonyl (C=O) groups is 1. The largest absolute Gasteiger partial charge is 0.480 e. The zero-order valence-corrected chi connectivity index (χ0v) is 9.18. The molecule has 0 atom stereocenters. The van der Waals surface area contributed by atoms with Crippen molar-refractivity contribution in [3.63, 3.8) is 0 Å². The van der Waals surface area contributed by atoms with E-state index < -0.39 is 11.6 Å². The van der Waals surface area contributed by atoms with E-state index in [0.29, 0.717) is 0 Å². The van der Waals surface area contributed by atoms with Crippen LogP contribution in [0.1, 0.15) is 15.9 Å². The van der Waals surface area contributed by atoms with E-state index in [9.17, 15) is 9.18 Å². The van der Waals surface area contributed by atoms with Crippen LogP contribution in [0, 0.1) is 5.82 Å². The van der Waals surface area contributed by atoms with Crippen molar-refractivity contribution >= 4 is 5.78 Å². The van der Waals surface area contributed by atoms with Gasteiger partial charge in [-0.25, -0.2) is 9.37 Å². The number of hydrogen-bond donors (Lipinski definition) is 0. The average Bonchev–Trinajstić information content (AvgIpc) is 2.38. The fourth-order valence-corrected chi connectivity index (χ4v) is 1.52. The Bertz CT molecular complexity index is 555. The SMILES string of the molecule is COc1ncccc1C(=O)c1ccccc1F. The summed E-state index contributed by atoms with van der Waals surface area (Å²) in [7, 11) is 1.42. The number of ether oxygens (including phenoxy) is 1. The molecule has 2 rings (SSSR count). The van der Waals surface area contributed by atoms with Gasteiger partial charge in [0, 0.05) is 6.20 Å². The highest BCUT2D eigenvalue weighted by Gasteiger charge is 2.17. The molecule has 0 fully saturated rings. The standard InChI is InChI=1S/C13H10FNO2/c1-17-13-10(6-4-8-15-13)12(16)9-5-2-3-7-11(9)14/h2-8H,1H3. The number of rotatable bonds is 3. The Kier molecular flexibility index (Phi) is 3.14. The third-order valence-electron chi connectivity index (χ3n) is 2.33. The third kappa shape index (κ3) is 2.15. The van der Waals surface area contributed by atoms with E-state index in [-0.39, 0.29) is 17.0 Å². The van der Waals surface area contributed by atoms with Crippen LogP contribution in [0.25, 0.3) is 0 Å². The second-order valence-corrected chi connectivity index (χ2v) is 3.37. The molecule has 17 heavy (non-hydrogen) atoms. The third-order valence-corrected chi connectivity index (χ3v) is 2.33. The Morgan fingerprint density at radius 1 is 1.18 bits per heavy atom. The summed E-state index contributed by atoms with van der Waals surface area (Å²) in [6.07, 6.45) is 1.51. The van der Waals surface area contributed by atoms with Gasteiger partial charge in [0.15, 0.2) is 0 Å². The Labute approximate surface area is 97.9 Å². The summed E-state index contributed by atoms with van der Waals surface area (Å²) in [4.78, 5) is 16.0. The molecule has 1 heterocycles. The van der Waals surface area contributed by atoms with Crippen molar-refractivity contribution in [2.24, 2.45) is 0 Å². The first-order chi connectivity index (χ1) is 8.24. The number of aromatic nitrogens is 1. The number of carbonyl (C=O) groups excluding carboxylic acids is 1. The average molecular weight is 231 g/mol. The quantitative estimate of drug-likeness (QED) is 0.762. The minimum atomic E-state index is -0.552. The molecular formula is C13H10FNO2. The fourth-order valence-electron chi connectivity index (χ4n) is 1.52. The molecule has 0 saturated carbocycles. The van der Waals surface area contributed by atoms with Crippen LogP contribution in [-0.2, 0) is 0 Å². The molecule has 0 unspecified atom stereocenters. The number of halogens is 1. The lowest BCUT2D eigenvalue weighted by atomic mass is 10.0. The minimum absolute atomic E-state index is 0.0128. The highest BCUT2D eigenvalue weighted by Crippen LogP contribution is 2.19. The van der Waals surface area contributed by atoms with E-state index in [1.165, 1.54) is 31.5 Å². The molecule has 86 valence electrons. The molecule has 1 aromatic carbocycles. The number of benzene rings is 1. The maximum atomic E-state index is 13.5. The van der Waals surface area contributed by atoms with Crippen molar-refractivity contribution in [2.75, 3.05) is 7.11 Å². The minimum Gasteiger partial charge on any atom is -0.480 e. The normalized spacial score (nSPS) is 10.0. The molecule has 0 spiro atoms. The highest BCUT2D eigenvalue weighted by molar-refractivity contribution is 6.10. The van der Waals surface area contributed by atoms with E-state index in [2.05, 4.69) is 4.98 Å². The van der Waals surface area contributed by atoms with Gasteiger partial charge < -0.3 is 4.74 Å². The van der Waals surface area contributed by atoms with Crippen molar-refractivity contribution in [2.45, 2.75) is 0 Å². The van der Waals surface area contributed by atoms with E-state index in [0.717, 1.165) is 0 Å². The molecule has 0 N–H and O–H groups in total. The van der Waals surface area contributed by atoms with Crippen molar-refractivity contribution in [1.82, 2.24) is 4.98 Å². The summed E-state index contributed by atoms with van der Waals surface area (Å²) >= 11 is 0. The lowest BCUT2D eigenvalue weighted by Gasteiger charge is -2.06. The van der Waals surface area contributed by atoms with E-state index in [1.807, 2.05) is 0 Å². The molecule has 0 amide bonds. The Hall–Kier alpha value is -2.23. The Morgan fingerprint density at radius 3 is 2.59 bits per heavy atom. The molecule has 0 radical (unpaired) electrons. The molecule has 0 saturated heterocycles. The summed E-state index contributed by atoms with van der Waals surface area (Å²) in [6, 6.07) is 8.99. The van der Waals surface area contributed by atoms with Crippen molar-refractivity contribution < 1.29 is 13.9 Å². The van der Waals surface area contributed by atoms with Gasteiger partial charge in [-0.05, 0) is 24.3 Å². The number of hydrogen-bond acceptors (Lipinski definition) is 3. The van der Waals surface area contributed by atoms with Gasteiger partial charge in [0.2, 0.25) is 11.7 Å². The van der Waals surface area contributed by atoms with Gasteiger partial charge >= 0.3 is 0 Å². The van der Waals surface area contributed by atoms with Crippen LogP contribution < -0.4 is 4.74 Å². The van der Waals surface area contributed by atoms with Gasteiger partial charge in [-0.1, -0.05) is 12.1 Å². The van der Waals surface area contributed by atoms with Crippen LogP contribution >= 0.6 is 0 Å². The van der Waals surface area contributed by atoms with Gasteiger partial charge in [0.05, 0.1) is 18.2 Å². The summed E-state index contributed by atoms with van der Waals surface area (Å²) in [6.45, 7) is 0. The maximum Gasteiger partial charge on any atom is 0.224 e. The second kappa shape index (κ2) is 4.74. The zero-order valence-electron chi connectivity index (χ0n) is 9.18. The van der Waals surface area contributed by atoms with Crippen LogP contribution in [0.4, 0.5) is 4.39 Å². The van der Waals surface area contributed by atoms with Gasteiger partial charge in [0.25, 0.3) is 0 Å². The first kappa shape index (κ1) is 11.3. The van der Waals surface area contributed by atoms with Crippen LogP contribution in [-0.4, -0.2) is 17.9 Å². The first-order valence-electron chi connectivity index (χ1n) is 5.02. The van der Waals surface area contributed by atoms with Gasteiger partial charge in [-0.15, -0.1) is 0 Å². The van der Waals surface area contributed by atoms with Crippen molar-refractivity contribution in [3.05, 3.63) is 59.5 Å². The predicted octanol–water partition coefficient (Wildman–Crippen LogP) is 2.46. The Morgan fingerprint density at radius 2 is 1.88 bits per heavy atom. The van der Waals surface area contributed by atoms with Crippen molar-refractivity contribution in [3.8, 4) is 5.88 Å². The summed E-state index contributed by atoms with van der Waals surface area (Å²) in [5, 5.41) is 0. The maximum absolute atomic E-state index is 13.5. The molecule has 0 aliphatic carbocycles. The van der Waals surface area contributed by atoms with Gasteiger partial charge in [-0.3, -0.25) is 4.79 Å². The molecule has 0 aliphatic rings. The lowest BCUT2D eigenvalue weighted by molar-refractivity contribution is 0.103. The summed E-state index contributed by atoms with van der Waals surface area (Å²) in [5.41, 5.74) is 0.263. The van der Waals surface area contributed by atoms with Crippen LogP contribution in [0.3, 0.4) is 0 Å². The smallest absolute Gasteiger partial charge is 0.224 e. The molecule has 3 nitrogen and oxygen atoms in total. The fraction of sp³-hybridized carbons (Fsp3) is 0.0769. The van der Waals surface area contributed by atoms with Crippen molar-refractivity contribution in [1.29, 1.82) is 0 Å². The summed E-state index contributed by atoms with van der Waals surface area (Å²) < 4.78 is 18.5. The van der Waals surface area contributed by atoms with Gasteiger partial charge in [-0.2, -0.15) is 0 Å². The van der Waals surface area contributed by atoms with Crippen LogP contribution in [0.15, 0.2) is 42.6 Å². The molecule has 1 aromatic heterocycles. The second-order valence-electron chi connectivity index (χ2n) is 3.37. The zero-order chi connectivity index (χ0) is 12.3. The molecular weight excluding hydrogens is 221 g/mol.